The first-order valence-electron chi connectivity index (χ1n) is 8.53. The molecular formula is C17H22N4O2. The molecule has 122 valence electrons. The average molecular weight is 314 g/mol. The van der Waals surface area contributed by atoms with Crippen molar-refractivity contribution in [2.75, 3.05) is 13.2 Å². The maximum absolute atomic E-state index is 12.7. The lowest BCUT2D eigenvalue weighted by atomic mass is 10.1. The van der Waals surface area contributed by atoms with E-state index in [2.05, 4.69) is 10.2 Å². The Morgan fingerprint density at radius 1 is 1.26 bits per heavy atom. The summed E-state index contributed by atoms with van der Waals surface area (Å²) in [5.41, 5.74) is 0.834. The van der Waals surface area contributed by atoms with Crippen molar-refractivity contribution in [2.24, 2.45) is 0 Å². The fraction of sp³-hybridized carbons (Fsp3) is 0.588. The first-order chi connectivity index (χ1) is 11.3. The molecule has 4 rings (SSSR count). The number of fused-ring (bicyclic) bond motifs is 1. The van der Waals surface area contributed by atoms with Gasteiger partial charge in [0.25, 0.3) is 0 Å². The number of aromatic nitrogens is 3. The van der Waals surface area contributed by atoms with Crippen LogP contribution in [0.5, 0.6) is 0 Å². The molecule has 0 saturated carbocycles. The van der Waals surface area contributed by atoms with Crippen molar-refractivity contribution < 1.29 is 9.53 Å². The smallest absolute Gasteiger partial charge is 0.223 e. The van der Waals surface area contributed by atoms with E-state index in [1.54, 1.807) is 0 Å². The molecule has 1 amide bonds. The van der Waals surface area contributed by atoms with E-state index in [1.807, 2.05) is 33.7 Å². The fourth-order valence-corrected chi connectivity index (χ4v) is 3.72. The van der Waals surface area contributed by atoms with Crippen molar-refractivity contribution in [2.45, 2.75) is 50.7 Å². The summed E-state index contributed by atoms with van der Waals surface area (Å²) in [7, 11) is 0. The third-order valence-electron chi connectivity index (χ3n) is 4.92. The molecule has 0 spiro atoms. The third kappa shape index (κ3) is 2.83. The minimum atomic E-state index is 0.0457. The van der Waals surface area contributed by atoms with E-state index in [0.717, 1.165) is 56.7 Å². The molecule has 2 aromatic rings. The molecule has 6 nitrogen and oxygen atoms in total. The van der Waals surface area contributed by atoms with Gasteiger partial charge in [-0.1, -0.05) is 6.07 Å². The molecule has 2 aliphatic rings. The highest BCUT2D eigenvalue weighted by atomic mass is 16.5. The van der Waals surface area contributed by atoms with Crippen LogP contribution in [-0.2, 0) is 9.53 Å². The van der Waals surface area contributed by atoms with Gasteiger partial charge < -0.3 is 9.64 Å². The Balaban J connectivity index is 1.48. The van der Waals surface area contributed by atoms with Gasteiger partial charge in [-0.3, -0.25) is 9.20 Å². The molecular weight excluding hydrogens is 292 g/mol. The molecule has 4 heterocycles. The summed E-state index contributed by atoms with van der Waals surface area (Å²) in [4.78, 5) is 14.6. The summed E-state index contributed by atoms with van der Waals surface area (Å²) in [6.45, 7) is 1.66. The lowest BCUT2D eigenvalue weighted by Gasteiger charge is -2.24. The minimum Gasteiger partial charge on any atom is -0.378 e. The van der Waals surface area contributed by atoms with E-state index in [4.69, 9.17) is 4.74 Å². The zero-order valence-electron chi connectivity index (χ0n) is 13.2. The predicted octanol–water partition coefficient (Wildman–Crippen LogP) is 2.35. The highest BCUT2D eigenvalue weighted by Gasteiger charge is 2.33. The van der Waals surface area contributed by atoms with Gasteiger partial charge in [0.15, 0.2) is 11.5 Å². The molecule has 23 heavy (non-hydrogen) atoms. The normalized spacial score (nSPS) is 24.6. The Hall–Kier alpha value is -1.95. The Bertz CT molecular complexity index is 693. The first-order valence-corrected chi connectivity index (χ1v) is 8.53. The van der Waals surface area contributed by atoms with Crippen LogP contribution in [0.15, 0.2) is 24.4 Å². The maximum Gasteiger partial charge on any atom is 0.223 e. The maximum atomic E-state index is 12.7. The standard InChI is InChI=1S/C17H22N4O2/c22-16(9-8-13-5-4-12-23-13)20-11-3-6-14(20)17-19-18-15-7-1-2-10-21(15)17/h1-2,7,10,13-14H,3-6,8-9,11-12H2/t13-,14-/m1/s1. The molecule has 2 aliphatic heterocycles. The topological polar surface area (TPSA) is 59.7 Å². The Morgan fingerprint density at radius 2 is 2.22 bits per heavy atom. The first kappa shape index (κ1) is 14.6. The lowest BCUT2D eigenvalue weighted by molar-refractivity contribution is -0.132. The number of likely N-dealkylation sites (tertiary alicyclic amines) is 1. The second-order valence-corrected chi connectivity index (χ2v) is 6.41. The van der Waals surface area contributed by atoms with Crippen molar-refractivity contribution >= 4 is 11.6 Å². The van der Waals surface area contributed by atoms with Gasteiger partial charge in [0.2, 0.25) is 5.91 Å². The van der Waals surface area contributed by atoms with Crippen molar-refractivity contribution in [1.82, 2.24) is 19.5 Å². The van der Waals surface area contributed by atoms with E-state index < -0.39 is 0 Å². The summed E-state index contributed by atoms with van der Waals surface area (Å²) in [5.74, 6) is 1.10. The number of amides is 1. The number of pyridine rings is 1. The number of carbonyl (C=O) groups excluding carboxylic acids is 1. The quantitative estimate of drug-likeness (QED) is 0.869. The highest BCUT2D eigenvalue weighted by Crippen LogP contribution is 2.32. The number of ether oxygens (including phenoxy) is 1. The SMILES string of the molecule is O=C(CC[C@H]1CCCO1)N1CCC[C@@H]1c1nnc2ccccn12. The Kier molecular flexibility index (Phi) is 3.99. The van der Waals surface area contributed by atoms with Gasteiger partial charge in [0.05, 0.1) is 12.1 Å². The van der Waals surface area contributed by atoms with Crippen molar-refractivity contribution in [3.05, 3.63) is 30.2 Å². The van der Waals surface area contributed by atoms with Crippen LogP contribution in [0.1, 0.15) is 50.4 Å². The van der Waals surface area contributed by atoms with E-state index in [-0.39, 0.29) is 18.1 Å². The van der Waals surface area contributed by atoms with Gasteiger partial charge in [-0.25, -0.2) is 0 Å². The molecule has 2 atom stereocenters. The molecule has 6 heteroatoms. The summed E-state index contributed by atoms with van der Waals surface area (Å²) >= 11 is 0. The van der Waals surface area contributed by atoms with Crippen molar-refractivity contribution in [1.29, 1.82) is 0 Å². The van der Waals surface area contributed by atoms with Gasteiger partial charge in [0.1, 0.15) is 0 Å². The van der Waals surface area contributed by atoms with Crippen LogP contribution in [0.3, 0.4) is 0 Å². The average Bonchev–Trinajstić information content (AvgIpc) is 3.31. The predicted molar refractivity (Wildman–Crippen MR) is 84.9 cm³/mol. The highest BCUT2D eigenvalue weighted by molar-refractivity contribution is 5.77. The van der Waals surface area contributed by atoms with E-state index in [9.17, 15) is 4.79 Å². The third-order valence-corrected chi connectivity index (χ3v) is 4.92. The Labute approximate surface area is 135 Å². The molecule has 0 aliphatic carbocycles. The number of hydrogen-bond acceptors (Lipinski definition) is 4. The number of hydrogen-bond donors (Lipinski definition) is 0. The van der Waals surface area contributed by atoms with Crippen molar-refractivity contribution in [3.8, 4) is 0 Å². The van der Waals surface area contributed by atoms with E-state index in [1.165, 1.54) is 0 Å². The molecule has 0 bridgehead atoms. The fourth-order valence-electron chi connectivity index (χ4n) is 3.72. The summed E-state index contributed by atoms with van der Waals surface area (Å²) in [6, 6.07) is 5.91. The molecule has 2 saturated heterocycles. The van der Waals surface area contributed by atoms with Crippen LogP contribution in [0.25, 0.3) is 5.65 Å². The zero-order valence-corrected chi connectivity index (χ0v) is 13.2. The summed E-state index contributed by atoms with van der Waals surface area (Å²) in [6.07, 6.45) is 7.84. The van der Waals surface area contributed by atoms with E-state index >= 15 is 0 Å². The van der Waals surface area contributed by atoms with Crippen LogP contribution in [0, 0.1) is 0 Å². The second-order valence-electron chi connectivity index (χ2n) is 6.41. The minimum absolute atomic E-state index is 0.0457. The van der Waals surface area contributed by atoms with Gasteiger partial charge >= 0.3 is 0 Å². The monoisotopic (exact) mass is 314 g/mol. The number of nitrogens with zero attached hydrogens (tertiary/aromatic N) is 4. The molecule has 2 fully saturated rings. The Morgan fingerprint density at radius 3 is 3.09 bits per heavy atom. The molecule has 0 unspecified atom stereocenters. The van der Waals surface area contributed by atoms with Gasteiger partial charge in [-0.2, -0.15) is 0 Å². The number of carbonyl (C=O) groups is 1. The van der Waals surface area contributed by atoms with Crippen LogP contribution in [0.4, 0.5) is 0 Å². The van der Waals surface area contributed by atoms with Crippen LogP contribution < -0.4 is 0 Å². The van der Waals surface area contributed by atoms with Crippen molar-refractivity contribution in [3.63, 3.8) is 0 Å². The molecule has 0 N–H and O–H groups in total. The van der Waals surface area contributed by atoms with E-state index in [0.29, 0.717) is 6.42 Å². The lowest BCUT2D eigenvalue weighted by Crippen LogP contribution is -2.32. The molecule has 0 aromatic carbocycles. The summed E-state index contributed by atoms with van der Waals surface area (Å²) < 4.78 is 7.62. The second kappa shape index (κ2) is 6.28. The number of rotatable bonds is 4. The molecule has 2 aromatic heterocycles. The van der Waals surface area contributed by atoms with Crippen LogP contribution in [0.2, 0.25) is 0 Å². The largest absolute Gasteiger partial charge is 0.378 e. The van der Waals surface area contributed by atoms with Gasteiger partial charge in [0, 0.05) is 25.8 Å². The van der Waals surface area contributed by atoms with Crippen LogP contribution in [-0.4, -0.2) is 44.7 Å². The van der Waals surface area contributed by atoms with Crippen LogP contribution >= 0.6 is 0 Å². The molecule has 0 radical (unpaired) electrons. The zero-order chi connectivity index (χ0) is 15.6. The summed E-state index contributed by atoms with van der Waals surface area (Å²) in [5, 5.41) is 8.56. The van der Waals surface area contributed by atoms with Gasteiger partial charge in [-0.05, 0) is 44.2 Å². The van der Waals surface area contributed by atoms with Gasteiger partial charge in [-0.15, -0.1) is 10.2 Å².